The van der Waals surface area contributed by atoms with Crippen LogP contribution in [0.15, 0.2) is 34.9 Å². The monoisotopic (exact) mass is 389 g/mol. The van der Waals surface area contributed by atoms with Crippen molar-refractivity contribution in [3.05, 3.63) is 46.1 Å². The first kappa shape index (κ1) is 15.7. The van der Waals surface area contributed by atoms with Crippen LogP contribution in [-0.2, 0) is 17.7 Å². The molecule has 2 aliphatic rings. The van der Waals surface area contributed by atoms with Gasteiger partial charge in [0, 0.05) is 42.3 Å². The summed E-state index contributed by atoms with van der Waals surface area (Å²) >= 11 is 3.60. The molecule has 1 aromatic heterocycles. The number of ether oxygens (including phenoxy) is 2. The molecule has 126 valence electrons. The summed E-state index contributed by atoms with van der Waals surface area (Å²) < 4.78 is 12.4. The number of pyridine rings is 1. The summed E-state index contributed by atoms with van der Waals surface area (Å²) in [4.78, 5) is 6.86. The highest BCUT2D eigenvalue weighted by Gasteiger charge is 2.19. The van der Waals surface area contributed by atoms with Crippen molar-refractivity contribution < 1.29 is 9.47 Å². The Balaban J connectivity index is 1.55. The number of nitrogens with one attached hydrogen (secondary N) is 1. The highest BCUT2D eigenvalue weighted by atomic mass is 79.9. The van der Waals surface area contributed by atoms with Gasteiger partial charge in [0.2, 0.25) is 0 Å². The Morgan fingerprint density at radius 1 is 1.21 bits per heavy atom. The first-order valence-corrected chi connectivity index (χ1v) is 9.06. The fourth-order valence-electron chi connectivity index (χ4n) is 3.25. The maximum Gasteiger partial charge on any atom is 0.149 e. The fourth-order valence-corrected chi connectivity index (χ4v) is 3.80. The molecule has 4 rings (SSSR count). The number of aromatic nitrogens is 1. The van der Waals surface area contributed by atoms with Gasteiger partial charge in [-0.1, -0.05) is 15.9 Å². The van der Waals surface area contributed by atoms with Gasteiger partial charge in [0.1, 0.15) is 11.6 Å². The van der Waals surface area contributed by atoms with E-state index in [2.05, 4.69) is 49.3 Å². The van der Waals surface area contributed by atoms with E-state index in [9.17, 15) is 0 Å². The molecule has 0 atom stereocenters. The van der Waals surface area contributed by atoms with Gasteiger partial charge in [-0.25, -0.2) is 4.98 Å². The molecule has 0 bridgehead atoms. The first-order chi connectivity index (χ1) is 11.8. The quantitative estimate of drug-likeness (QED) is 0.869. The Kier molecular flexibility index (Phi) is 4.58. The van der Waals surface area contributed by atoms with Crippen molar-refractivity contribution in [1.82, 2.24) is 4.98 Å². The Morgan fingerprint density at radius 3 is 2.96 bits per heavy atom. The molecule has 2 aromatic rings. The van der Waals surface area contributed by atoms with Crippen LogP contribution in [0.5, 0.6) is 5.75 Å². The lowest BCUT2D eigenvalue weighted by atomic mass is 10.1. The van der Waals surface area contributed by atoms with Crippen LogP contribution in [0.3, 0.4) is 0 Å². The van der Waals surface area contributed by atoms with Crippen molar-refractivity contribution in [3.63, 3.8) is 0 Å². The van der Waals surface area contributed by atoms with Crippen LogP contribution in [-0.4, -0.2) is 37.9 Å². The highest BCUT2D eigenvalue weighted by Crippen LogP contribution is 2.34. The normalized spacial score (nSPS) is 16.6. The van der Waals surface area contributed by atoms with Crippen LogP contribution in [0.25, 0.3) is 0 Å². The second kappa shape index (κ2) is 6.99. The van der Waals surface area contributed by atoms with Gasteiger partial charge in [0.05, 0.1) is 25.5 Å². The Morgan fingerprint density at radius 2 is 2.08 bits per heavy atom. The second-order valence-corrected chi connectivity index (χ2v) is 6.89. The van der Waals surface area contributed by atoms with Crippen LogP contribution in [0, 0.1) is 0 Å². The molecular formula is C18H20BrN3O2. The molecule has 6 heteroatoms. The van der Waals surface area contributed by atoms with Crippen LogP contribution < -0.4 is 15.0 Å². The van der Waals surface area contributed by atoms with E-state index in [1.54, 1.807) is 0 Å². The molecule has 1 saturated heterocycles. The molecular weight excluding hydrogens is 370 g/mol. The van der Waals surface area contributed by atoms with Crippen molar-refractivity contribution in [2.24, 2.45) is 0 Å². The van der Waals surface area contributed by atoms with E-state index in [0.29, 0.717) is 6.54 Å². The number of benzene rings is 1. The molecule has 5 nitrogen and oxygen atoms in total. The molecule has 3 heterocycles. The molecule has 0 unspecified atom stereocenters. The van der Waals surface area contributed by atoms with Crippen molar-refractivity contribution in [1.29, 1.82) is 0 Å². The number of halogens is 1. The lowest BCUT2D eigenvalue weighted by Crippen LogP contribution is -2.36. The SMILES string of the molecule is Brc1cc2c(c(CNc3ncccc3N3CCOCC3)c1)OCC2. The number of nitrogens with zero attached hydrogens (tertiary/aromatic N) is 2. The molecule has 0 spiro atoms. The molecule has 2 aliphatic heterocycles. The Hall–Kier alpha value is -1.79. The minimum atomic E-state index is 0.691. The van der Waals surface area contributed by atoms with Crippen molar-refractivity contribution in [2.45, 2.75) is 13.0 Å². The Bertz CT molecular complexity index is 732. The van der Waals surface area contributed by atoms with Gasteiger partial charge >= 0.3 is 0 Å². The lowest BCUT2D eigenvalue weighted by molar-refractivity contribution is 0.122. The number of fused-ring (bicyclic) bond motifs is 1. The van der Waals surface area contributed by atoms with Gasteiger partial charge in [-0.05, 0) is 29.8 Å². The third-order valence-electron chi connectivity index (χ3n) is 4.41. The predicted molar refractivity (Wildman–Crippen MR) is 97.9 cm³/mol. The van der Waals surface area contributed by atoms with Gasteiger partial charge in [-0.3, -0.25) is 0 Å². The number of anilines is 2. The summed E-state index contributed by atoms with van der Waals surface area (Å²) in [6, 6.07) is 8.36. The van der Waals surface area contributed by atoms with Crippen molar-refractivity contribution in [2.75, 3.05) is 43.1 Å². The third kappa shape index (κ3) is 3.21. The highest BCUT2D eigenvalue weighted by molar-refractivity contribution is 9.10. The van der Waals surface area contributed by atoms with E-state index in [0.717, 1.165) is 66.6 Å². The van der Waals surface area contributed by atoms with E-state index < -0.39 is 0 Å². The zero-order chi connectivity index (χ0) is 16.4. The van der Waals surface area contributed by atoms with E-state index in [1.165, 1.54) is 5.56 Å². The summed E-state index contributed by atoms with van der Waals surface area (Å²) in [6.45, 7) is 4.78. The van der Waals surface area contributed by atoms with E-state index in [4.69, 9.17) is 9.47 Å². The zero-order valence-electron chi connectivity index (χ0n) is 13.4. The number of morpholine rings is 1. The molecule has 0 amide bonds. The predicted octanol–water partition coefficient (Wildman–Crippen LogP) is 3.23. The van der Waals surface area contributed by atoms with Crippen molar-refractivity contribution in [3.8, 4) is 5.75 Å². The van der Waals surface area contributed by atoms with Crippen LogP contribution in [0.2, 0.25) is 0 Å². The lowest BCUT2D eigenvalue weighted by Gasteiger charge is -2.30. The van der Waals surface area contributed by atoms with Crippen LogP contribution >= 0.6 is 15.9 Å². The molecule has 0 radical (unpaired) electrons. The maximum atomic E-state index is 5.81. The summed E-state index contributed by atoms with van der Waals surface area (Å²) in [5, 5.41) is 3.49. The summed E-state index contributed by atoms with van der Waals surface area (Å²) in [6.07, 6.45) is 2.80. The smallest absolute Gasteiger partial charge is 0.149 e. The molecule has 1 fully saturated rings. The average Bonchev–Trinajstić information content (AvgIpc) is 3.09. The molecule has 24 heavy (non-hydrogen) atoms. The maximum absolute atomic E-state index is 5.81. The van der Waals surface area contributed by atoms with Crippen molar-refractivity contribution >= 4 is 27.4 Å². The van der Waals surface area contributed by atoms with Crippen LogP contribution in [0.1, 0.15) is 11.1 Å². The fraction of sp³-hybridized carbons (Fsp3) is 0.389. The van der Waals surface area contributed by atoms with Gasteiger partial charge in [-0.15, -0.1) is 0 Å². The zero-order valence-corrected chi connectivity index (χ0v) is 15.0. The molecule has 1 aromatic carbocycles. The minimum absolute atomic E-state index is 0.691. The van der Waals surface area contributed by atoms with E-state index >= 15 is 0 Å². The van der Waals surface area contributed by atoms with Gasteiger partial charge in [-0.2, -0.15) is 0 Å². The van der Waals surface area contributed by atoms with E-state index in [-0.39, 0.29) is 0 Å². The summed E-state index contributed by atoms with van der Waals surface area (Å²) in [7, 11) is 0. The average molecular weight is 390 g/mol. The Labute approximate surface area is 150 Å². The van der Waals surface area contributed by atoms with Gasteiger partial charge in [0.25, 0.3) is 0 Å². The van der Waals surface area contributed by atoms with Gasteiger partial charge < -0.3 is 19.7 Å². The number of hydrogen-bond donors (Lipinski definition) is 1. The molecule has 0 saturated carbocycles. The minimum Gasteiger partial charge on any atom is -0.493 e. The summed E-state index contributed by atoms with van der Waals surface area (Å²) in [5.41, 5.74) is 3.57. The largest absolute Gasteiger partial charge is 0.493 e. The van der Waals surface area contributed by atoms with Crippen LogP contribution in [0.4, 0.5) is 11.5 Å². The molecule has 0 aliphatic carbocycles. The topological polar surface area (TPSA) is 46.6 Å². The third-order valence-corrected chi connectivity index (χ3v) is 4.87. The first-order valence-electron chi connectivity index (χ1n) is 8.27. The number of rotatable bonds is 4. The van der Waals surface area contributed by atoms with Gasteiger partial charge in [0.15, 0.2) is 0 Å². The van der Waals surface area contributed by atoms with E-state index in [1.807, 2.05) is 12.3 Å². The number of hydrogen-bond acceptors (Lipinski definition) is 5. The standard InChI is InChI=1S/C18H20BrN3O2/c19-15-10-13-3-7-24-17(13)14(11-15)12-21-18-16(2-1-4-20-18)22-5-8-23-9-6-22/h1-2,4,10-11H,3,5-9,12H2,(H,20,21). The second-order valence-electron chi connectivity index (χ2n) is 5.98. The summed E-state index contributed by atoms with van der Waals surface area (Å²) in [5.74, 6) is 1.93. The molecule has 1 N–H and O–H groups in total.